The molecule has 0 unspecified atom stereocenters. The molecule has 0 atom stereocenters. The summed E-state index contributed by atoms with van der Waals surface area (Å²) in [6.07, 6.45) is 0. The minimum Gasteiger partial charge on any atom is -0.508 e. The summed E-state index contributed by atoms with van der Waals surface area (Å²) in [7, 11) is 0. The molecule has 0 bridgehead atoms. The summed E-state index contributed by atoms with van der Waals surface area (Å²) in [5.74, 6) is -0.242. The second kappa shape index (κ2) is 13.5. The van der Waals surface area contributed by atoms with Crippen molar-refractivity contribution in [2.75, 3.05) is 5.32 Å². The third-order valence-electron chi connectivity index (χ3n) is 7.06. The monoisotopic (exact) mass is 584 g/mol. The Morgan fingerprint density at radius 2 is 1.36 bits per heavy atom. The molecule has 3 N–H and O–H groups in total. The van der Waals surface area contributed by atoms with Crippen LogP contribution in [-0.2, 0) is 6.54 Å². The molecule has 5 aromatic rings. The van der Waals surface area contributed by atoms with Crippen molar-refractivity contribution >= 4 is 23.5 Å². The van der Waals surface area contributed by atoms with E-state index >= 15 is 0 Å². The fourth-order valence-electron chi connectivity index (χ4n) is 4.63. The molecule has 5 aromatic carbocycles. The van der Waals surface area contributed by atoms with Crippen molar-refractivity contribution < 1.29 is 24.2 Å². The van der Waals surface area contributed by atoms with Crippen LogP contribution in [0, 0.1) is 0 Å². The first-order valence-corrected chi connectivity index (χ1v) is 14.3. The average molecular weight is 585 g/mol. The van der Waals surface area contributed by atoms with Gasteiger partial charge in [0.15, 0.2) is 0 Å². The van der Waals surface area contributed by atoms with Crippen LogP contribution in [0.5, 0.6) is 11.5 Å². The number of aromatic hydroxyl groups is 1. The Morgan fingerprint density at radius 3 is 2.14 bits per heavy atom. The number of carbonyl (C=O) groups excluding carboxylic acids is 3. The molecule has 0 aliphatic carbocycles. The topological polar surface area (TPSA) is 105 Å². The summed E-state index contributed by atoms with van der Waals surface area (Å²) >= 11 is 0. The van der Waals surface area contributed by atoms with Crippen molar-refractivity contribution in [3.05, 3.63) is 149 Å². The molecule has 0 heterocycles. The Labute approximate surface area is 256 Å². The van der Waals surface area contributed by atoms with Crippen LogP contribution in [0.25, 0.3) is 11.1 Å². The van der Waals surface area contributed by atoms with Gasteiger partial charge in [0.1, 0.15) is 11.5 Å². The molecule has 0 radical (unpaired) electrons. The average Bonchev–Trinajstić information content (AvgIpc) is 3.04. The van der Waals surface area contributed by atoms with Crippen LogP contribution in [0.15, 0.2) is 121 Å². The first-order chi connectivity index (χ1) is 21.2. The number of amides is 2. The number of esters is 1. The van der Waals surface area contributed by atoms with Crippen LogP contribution < -0.4 is 15.4 Å². The molecule has 0 aromatic heterocycles. The molecule has 0 fully saturated rings. The number of rotatable bonds is 9. The SMILES string of the molecule is CC(C)c1cccc(OC(=O)c2cccc(C(=O)Nc3cccc(CNC(=O)c4cccc(-c5ccc(O)cc5)c4)c3)c2)c1. The quantitative estimate of drug-likeness (QED) is 0.122. The van der Waals surface area contributed by atoms with Gasteiger partial charge >= 0.3 is 5.97 Å². The number of carbonyl (C=O) groups is 3. The first-order valence-electron chi connectivity index (χ1n) is 14.3. The molecule has 2 amide bonds. The van der Waals surface area contributed by atoms with Gasteiger partial charge in [0, 0.05) is 23.4 Å². The van der Waals surface area contributed by atoms with Crippen LogP contribution in [-0.4, -0.2) is 22.9 Å². The fourth-order valence-corrected chi connectivity index (χ4v) is 4.63. The number of nitrogens with one attached hydrogen (secondary N) is 2. The summed E-state index contributed by atoms with van der Waals surface area (Å²) in [5, 5.41) is 15.3. The highest BCUT2D eigenvalue weighted by molar-refractivity contribution is 6.05. The van der Waals surface area contributed by atoms with Gasteiger partial charge in [0.2, 0.25) is 0 Å². The number of phenols is 1. The normalized spacial score (nSPS) is 10.7. The Bertz CT molecular complexity index is 1810. The molecule has 0 saturated heterocycles. The van der Waals surface area contributed by atoms with Crippen molar-refractivity contribution in [2.45, 2.75) is 26.3 Å². The summed E-state index contributed by atoms with van der Waals surface area (Å²) in [6.45, 7) is 4.39. The standard InChI is InChI=1S/C37H32N2O5/c1-24(2)27-8-6-14-34(22-27)44-37(43)31-12-5-11-30(21-31)36(42)39-32-13-3-7-25(19-32)23-38-35(41)29-10-4-9-28(20-29)26-15-17-33(40)18-16-26/h3-22,24,40H,23H2,1-2H3,(H,38,41)(H,39,42). The lowest BCUT2D eigenvalue weighted by Crippen LogP contribution is -2.23. The van der Waals surface area contributed by atoms with E-state index in [1.54, 1.807) is 78.9 Å². The minimum atomic E-state index is -0.549. The highest BCUT2D eigenvalue weighted by atomic mass is 16.5. The number of anilines is 1. The smallest absolute Gasteiger partial charge is 0.343 e. The van der Waals surface area contributed by atoms with Gasteiger partial charge in [-0.25, -0.2) is 4.79 Å². The molecule has 5 rings (SSSR count). The Kier molecular flexibility index (Phi) is 9.16. The summed E-state index contributed by atoms with van der Waals surface area (Å²) in [6, 6.07) is 35.0. The third kappa shape index (κ3) is 7.57. The van der Waals surface area contributed by atoms with E-state index in [4.69, 9.17) is 4.74 Å². The van der Waals surface area contributed by atoms with Crippen LogP contribution >= 0.6 is 0 Å². The number of ether oxygens (including phenoxy) is 1. The maximum atomic E-state index is 13.0. The molecular weight excluding hydrogens is 552 g/mol. The third-order valence-corrected chi connectivity index (χ3v) is 7.06. The predicted molar refractivity (Wildman–Crippen MR) is 171 cm³/mol. The van der Waals surface area contributed by atoms with Crippen LogP contribution in [0.1, 0.15) is 62.0 Å². The van der Waals surface area contributed by atoms with Crippen molar-refractivity contribution in [1.29, 1.82) is 0 Å². The number of hydrogen-bond donors (Lipinski definition) is 3. The Hall–Kier alpha value is -5.69. The lowest BCUT2D eigenvalue weighted by atomic mass is 10.0. The zero-order valence-electron chi connectivity index (χ0n) is 24.4. The van der Waals surface area contributed by atoms with Gasteiger partial charge in [0.05, 0.1) is 5.56 Å². The first kappa shape index (κ1) is 29.8. The van der Waals surface area contributed by atoms with Crippen molar-refractivity contribution in [1.82, 2.24) is 5.32 Å². The highest BCUT2D eigenvalue weighted by Gasteiger charge is 2.14. The molecule has 0 aliphatic rings. The van der Waals surface area contributed by atoms with E-state index in [-0.39, 0.29) is 29.7 Å². The van der Waals surface area contributed by atoms with E-state index in [0.717, 1.165) is 22.3 Å². The van der Waals surface area contributed by atoms with E-state index in [9.17, 15) is 19.5 Å². The molecule has 220 valence electrons. The summed E-state index contributed by atoms with van der Waals surface area (Å²) in [4.78, 5) is 38.8. The number of phenolic OH excluding ortho intramolecular Hbond substituents is 1. The van der Waals surface area contributed by atoms with Gasteiger partial charge in [-0.1, -0.05) is 68.4 Å². The lowest BCUT2D eigenvalue weighted by molar-refractivity contribution is 0.0734. The Balaban J connectivity index is 1.20. The molecule has 0 saturated carbocycles. The van der Waals surface area contributed by atoms with Crippen LogP contribution in [0.3, 0.4) is 0 Å². The van der Waals surface area contributed by atoms with Crippen molar-refractivity contribution in [2.24, 2.45) is 0 Å². The fraction of sp³-hybridized carbons (Fsp3) is 0.108. The van der Waals surface area contributed by atoms with Crippen LogP contribution in [0.2, 0.25) is 0 Å². The zero-order chi connectivity index (χ0) is 31.1. The zero-order valence-corrected chi connectivity index (χ0v) is 24.4. The van der Waals surface area contributed by atoms with E-state index < -0.39 is 5.97 Å². The Morgan fingerprint density at radius 1 is 0.682 bits per heavy atom. The van der Waals surface area contributed by atoms with Gasteiger partial charge < -0.3 is 20.5 Å². The molecule has 0 aliphatic heterocycles. The lowest BCUT2D eigenvalue weighted by Gasteiger charge is -2.11. The van der Waals surface area contributed by atoms with E-state index in [1.165, 1.54) is 6.07 Å². The second-order valence-corrected chi connectivity index (χ2v) is 10.7. The molecule has 44 heavy (non-hydrogen) atoms. The van der Waals surface area contributed by atoms with E-state index in [2.05, 4.69) is 24.5 Å². The maximum Gasteiger partial charge on any atom is 0.343 e. The van der Waals surface area contributed by atoms with Crippen molar-refractivity contribution in [3.63, 3.8) is 0 Å². The summed E-state index contributed by atoms with van der Waals surface area (Å²) < 4.78 is 5.56. The minimum absolute atomic E-state index is 0.179. The van der Waals surface area contributed by atoms with Gasteiger partial charge in [-0.3, -0.25) is 9.59 Å². The predicted octanol–water partition coefficient (Wildman–Crippen LogP) is 7.58. The van der Waals surface area contributed by atoms with E-state index in [1.807, 2.05) is 36.4 Å². The molecule has 0 spiro atoms. The van der Waals surface area contributed by atoms with Crippen LogP contribution in [0.4, 0.5) is 5.69 Å². The number of benzene rings is 5. The van der Waals surface area contributed by atoms with Gasteiger partial charge in [-0.05, 0) is 94.9 Å². The van der Waals surface area contributed by atoms with E-state index in [0.29, 0.717) is 28.5 Å². The molecular formula is C37H32N2O5. The number of hydrogen-bond acceptors (Lipinski definition) is 5. The second-order valence-electron chi connectivity index (χ2n) is 10.7. The maximum absolute atomic E-state index is 13.0. The van der Waals surface area contributed by atoms with Gasteiger partial charge in [0.25, 0.3) is 11.8 Å². The van der Waals surface area contributed by atoms with Gasteiger partial charge in [-0.2, -0.15) is 0 Å². The van der Waals surface area contributed by atoms with Crippen molar-refractivity contribution in [3.8, 4) is 22.6 Å². The highest BCUT2D eigenvalue weighted by Crippen LogP contribution is 2.24. The molecule has 7 heteroatoms. The van der Waals surface area contributed by atoms with Gasteiger partial charge in [-0.15, -0.1) is 0 Å². The molecule has 7 nitrogen and oxygen atoms in total. The largest absolute Gasteiger partial charge is 0.508 e. The summed E-state index contributed by atoms with van der Waals surface area (Å²) in [5.41, 5.74) is 5.23.